The van der Waals surface area contributed by atoms with Crippen LogP contribution in [0.15, 0.2) is 53.9 Å². The minimum Gasteiger partial charge on any atom is -0.487 e. The highest BCUT2D eigenvalue weighted by Crippen LogP contribution is 2.16. The minimum atomic E-state index is -0.189. The second-order valence-corrected chi connectivity index (χ2v) is 8.24. The maximum atomic E-state index is 13.5. The number of carbonyl (C=O) groups excluding carboxylic acids is 1. The van der Waals surface area contributed by atoms with Gasteiger partial charge in [0.25, 0.3) is 5.91 Å². The second-order valence-electron chi connectivity index (χ2n) is 6.07. The van der Waals surface area contributed by atoms with Crippen molar-refractivity contribution in [2.75, 3.05) is 12.3 Å². The van der Waals surface area contributed by atoms with Crippen LogP contribution >= 0.6 is 23.1 Å². The standard InChI is InChI=1S/C21H21FN2O2S2/c1-15-24-18(14-28-15)12-26-19-8-6-16(7-9-19)21(25)23-10-11-27-13-17-4-2-3-5-20(17)22/h2-9,14H,10-13H2,1H3,(H,23,25). The Morgan fingerprint density at radius 1 is 1.21 bits per heavy atom. The van der Waals surface area contributed by atoms with Gasteiger partial charge in [-0.15, -0.1) is 11.3 Å². The highest BCUT2D eigenvalue weighted by molar-refractivity contribution is 7.98. The molecule has 4 nitrogen and oxygen atoms in total. The summed E-state index contributed by atoms with van der Waals surface area (Å²) in [6.07, 6.45) is 0. The third-order valence-electron chi connectivity index (χ3n) is 3.92. The molecule has 0 aliphatic rings. The number of ether oxygens (including phenoxy) is 1. The van der Waals surface area contributed by atoms with E-state index in [-0.39, 0.29) is 11.7 Å². The van der Waals surface area contributed by atoms with Crippen molar-refractivity contribution >= 4 is 29.0 Å². The summed E-state index contributed by atoms with van der Waals surface area (Å²) >= 11 is 3.18. The van der Waals surface area contributed by atoms with E-state index < -0.39 is 0 Å². The zero-order valence-electron chi connectivity index (χ0n) is 15.5. The molecule has 0 bridgehead atoms. The van der Waals surface area contributed by atoms with Crippen LogP contribution in [0.5, 0.6) is 5.75 Å². The number of aryl methyl sites for hydroxylation is 1. The van der Waals surface area contributed by atoms with Crippen molar-refractivity contribution < 1.29 is 13.9 Å². The third-order valence-corrected chi connectivity index (χ3v) is 5.75. The summed E-state index contributed by atoms with van der Waals surface area (Å²) in [5.41, 5.74) is 2.16. The molecule has 7 heteroatoms. The number of hydrogen-bond acceptors (Lipinski definition) is 5. The molecule has 1 N–H and O–H groups in total. The van der Waals surface area contributed by atoms with Crippen LogP contribution in [0, 0.1) is 12.7 Å². The molecule has 146 valence electrons. The van der Waals surface area contributed by atoms with Crippen LogP contribution in [0.25, 0.3) is 0 Å². The quantitative estimate of drug-likeness (QED) is 0.508. The predicted molar refractivity (Wildman–Crippen MR) is 113 cm³/mol. The van der Waals surface area contributed by atoms with Gasteiger partial charge in [0.2, 0.25) is 0 Å². The number of hydrogen-bond donors (Lipinski definition) is 1. The number of thioether (sulfide) groups is 1. The largest absolute Gasteiger partial charge is 0.487 e. The van der Waals surface area contributed by atoms with Crippen molar-refractivity contribution in [3.63, 3.8) is 0 Å². The summed E-state index contributed by atoms with van der Waals surface area (Å²) < 4.78 is 19.2. The van der Waals surface area contributed by atoms with E-state index in [1.807, 2.05) is 18.4 Å². The van der Waals surface area contributed by atoms with E-state index in [0.29, 0.717) is 41.5 Å². The van der Waals surface area contributed by atoms with Crippen LogP contribution in [-0.2, 0) is 12.4 Å². The molecule has 0 aliphatic heterocycles. The van der Waals surface area contributed by atoms with Gasteiger partial charge in [0.15, 0.2) is 0 Å². The van der Waals surface area contributed by atoms with Gasteiger partial charge >= 0.3 is 0 Å². The van der Waals surface area contributed by atoms with Gasteiger partial charge in [-0.05, 0) is 42.8 Å². The topological polar surface area (TPSA) is 51.2 Å². The van der Waals surface area contributed by atoms with Crippen molar-refractivity contribution in [3.8, 4) is 5.75 Å². The maximum absolute atomic E-state index is 13.5. The highest BCUT2D eigenvalue weighted by Gasteiger charge is 2.06. The molecule has 2 aromatic carbocycles. The number of halogens is 1. The first-order chi connectivity index (χ1) is 13.6. The lowest BCUT2D eigenvalue weighted by atomic mass is 10.2. The normalized spacial score (nSPS) is 10.6. The lowest BCUT2D eigenvalue weighted by Gasteiger charge is -2.08. The van der Waals surface area contributed by atoms with Crippen molar-refractivity contribution in [2.45, 2.75) is 19.3 Å². The number of amides is 1. The third kappa shape index (κ3) is 6.07. The van der Waals surface area contributed by atoms with Crippen LogP contribution in [-0.4, -0.2) is 23.2 Å². The maximum Gasteiger partial charge on any atom is 0.251 e. The Morgan fingerprint density at radius 2 is 2.00 bits per heavy atom. The number of rotatable bonds is 9. The fourth-order valence-corrected chi connectivity index (χ4v) is 3.91. The molecule has 0 saturated heterocycles. The molecule has 0 radical (unpaired) electrons. The summed E-state index contributed by atoms with van der Waals surface area (Å²) in [6, 6.07) is 13.8. The van der Waals surface area contributed by atoms with Crippen molar-refractivity contribution in [3.05, 3.63) is 81.6 Å². The number of aromatic nitrogens is 1. The Labute approximate surface area is 172 Å². The Morgan fingerprint density at radius 3 is 2.71 bits per heavy atom. The molecule has 0 unspecified atom stereocenters. The van der Waals surface area contributed by atoms with Gasteiger partial charge in [0, 0.05) is 29.0 Å². The van der Waals surface area contributed by atoms with E-state index >= 15 is 0 Å². The number of carbonyl (C=O) groups is 1. The Hall–Kier alpha value is -2.38. The SMILES string of the molecule is Cc1nc(COc2ccc(C(=O)NCCSCc3ccccc3F)cc2)cs1. The molecule has 0 atom stereocenters. The molecule has 3 rings (SSSR count). The average Bonchev–Trinajstić information content (AvgIpc) is 3.13. The zero-order valence-corrected chi connectivity index (χ0v) is 17.1. The Balaban J connectivity index is 1.37. The summed E-state index contributed by atoms with van der Waals surface area (Å²) in [4.78, 5) is 16.5. The number of thiazole rings is 1. The van der Waals surface area contributed by atoms with Gasteiger partial charge in [0.1, 0.15) is 18.2 Å². The van der Waals surface area contributed by atoms with Crippen molar-refractivity contribution in [1.29, 1.82) is 0 Å². The summed E-state index contributed by atoms with van der Waals surface area (Å²) in [7, 11) is 0. The first-order valence-electron chi connectivity index (χ1n) is 8.85. The zero-order chi connectivity index (χ0) is 19.8. The van der Waals surface area contributed by atoms with Gasteiger partial charge in [-0.2, -0.15) is 11.8 Å². The lowest BCUT2D eigenvalue weighted by Crippen LogP contribution is -2.25. The van der Waals surface area contributed by atoms with Crippen LogP contribution in [0.2, 0.25) is 0 Å². The van der Waals surface area contributed by atoms with E-state index in [0.717, 1.165) is 10.7 Å². The number of benzene rings is 2. The molecule has 1 aromatic heterocycles. The fourth-order valence-electron chi connectivity index (χ4n) is 2.47. The van der Waals surface area contributed by atoms with E-state index in [2.05, 4.69) is 10.3 Å². The Kier molecular flexibility index (Phi) is 7.45. The van der Waals surface area contributed by atoms with Crippen molar-refractivity contribution in [2.24, 2.45) is 0 Å². The van der Waals surface area contributed by atoms with Crippen LogP contribution in [0.1, 0.15) is 26.6 Å². The van der Waals surface area contributed by atoms with E-state index in [4.69, 9.17) is 4.74 Å². The molecule has 3 aromatic rings. The summed E-state index contributed by atoms with van der Waals surface area (Å²) in [5, 5.41) is 5.86. The first-order valence-corrected chi connectivity index (χ1v) is 10.9. The molecular formula is C21H21FN2O2S2. The molecule has 0 fully saturated rings. The minimum absolute atomic E-state index is 0.131. The van der Waals surface area contributed by atoms with E-state index in [1.54, 1.807) is 59.5 Å². The van der Waals surface area contributed by atoms with Crippen LogP contribution in [0.3, 0.4) is 0 Å². The molecule has 0 saturated carbocycles. The van der Waals surface area contributed by atoms with Gasteiger partial charge < -0.3 is 10.1 Å². The Bertz CT molecular complexity index is 913. The lowest BCUT2D eigenvalue weighted by molar-refractivity contribution is 0.0956. The predicted octanol–water partition coefficient (Wildman–Crippen LogP) is 4.83. The molecular weight excluding hydrogens is 395 g/mol. The second kappa shape index (κ2) is 10.2. The molecule has 0 spiro atoms. The molecule has 1 heterocycles. The van der Waals surface area contributed by atoms with Crippen molar-refractivity contribution in [1.82, 2.24) is 10.3 Å². The van der Waals surface area contributed by atoms with Crippen LogP contribution < -0.4 is 10.1 Å². The van der Waals surface area contributed by atoms with E-state index in [9.17, 15) is 9.18 Å². The van der Waals surface area contributed by atoms with Gasteiger partial charge in [-0.1, -0.05) is 18.2 Å². The monoisotopic (exact) mass is 416 g/mol. The van der Waals surface area contributed by atoms with Crippen LogP contribution in [0.4, 0.5) is 4.39 Å². The van der Waals surface area contributed by atoms with Gasteiger partial charge in [0.05, 0.1) is 10.7 Å². The smallest absolute Gasteiger partial charge is 0.251 e. The summed E-state index contributed by atoms with van der Waals surface area (Å²) in [5.74, 6) is 1.68. The number of nitrogens with zero attached hydrogens (tertiary/aromatic N) is 1. The number of nitrogens with one attached hydrogen (secondary N) is 1. The average molecular weight is 417 g/mol. The van der Waals surface area contributed by atoms with Gasteiger partial charge in [-0.3, -0.25) is 4.79 Å². The first kappa shape index (κ1) is 20.4. The molecule has 1 amide bonds. The summed E-state index contributed by atoms with van der Waals surface area (Å²) in [6.45, 7) is 2.90. The highest BCUT2D eigenvalue weighted by atomic mass is 32.2. The fraction of sp³-hybridized carbons (Fsp3) is 0.238. The van der Waals surface area contributed by atoms with Gasteiger partial charge in [-0.25, -0.2) is 9.37 Å². The van der Waals surface area contributed by atoms with E-state index in [1.165, 1.54) is 6.07 Å². The molecule has 28 heavy (non-hydrogen) atoms. The molecule has 0 aliphatic carbocycles.